The molecule has 0 saturated heterocycles. The van der Waals surface area contributed by atoms with Crippen molar-refractivity contribution in [1.82, 2.24) is 10.2 Å². The average Bonchev–Trinajstić information content (AvgIpc) is 2.33. The van der Waals surface area contributed by atoms with E-state index in [-0.39, 0.29) is 0 Å². The van der Waals surface area contributed by atoms with Gasteiger partial charge in [0.05, 0.1) is 11.9 Å². The van der Waals surface area contributed by atoms with E-state index in [1.807, 2.05) is 26.0 Å². The van der Waals surface area contributed by atoms with Gasteiger partial charge in [0.2, 0.25) is 5.91 Å². The molecule has 2 aromatic rings. The lowest BCUT2D eigenvalue weighted by atomic mass is 10.0. The fourth-order valence-electron chi connectivity index (χ4n) is 1.60. The molecule has 0 aliphatic rings. The molecule has 4 nitrogen and oxygen atoms in total. The third-order valence-corrected chi connectivity index (χ3v) is 2.80. The van der Waals surface area contributed by atoms with Crippen LogP contribution >= 0.6 is 0 Å². The predicted molar refractivity (Wildman–Crippen MR) is 65.5 cm³/mol. The number of amides is 1. The van der Waals surface area contributed by atoms with Gasteiger partial charge in [-0.15, -0.1) is 0 Å². The number of benzene rings is 1. The second kappa shape index (κ2) is 4.33. The molecule has 0 bridgehead atoms. The Morgan fingerprint density at radius 1 is 1.18 bits per heavy atom. The number of rotatable bonds is 2. The SMILES string of the molecule is Cc1cnnc(-c2ccc(C(N)=O)cc2)c1C. The smallest absolute Gasteiger partial charge is 0.248 e. The highest BCUT2D eigenvalue weighted by atomic mass is 16.1. The molecule has 2 N–H and O–H groups in total. The molecule has 0 unspecified atom stereocenters. The molecule has 0 atom stereocenters. The molecule has 2 rings (SSSR count). The van der Waals surface area contributed by atoms with Crippen molar-refractivity contribution in [3.8, 4) is 11.3 Å². The molecule has 1 amide bonds. The van der Waals surface area contributed by atoms with Crippen molar-refractivity contribution in [1.29, 1.82) is 0 Å². The Hall–Kier alpha value is -2.23. The number of carbonyl (C=O) groups is 1. The second-order valence-electron chi connectivity index (χ2n) is 3.94. The maximum atomic E-state index is 11.0. The number of carbonyl (C=O) groups excluding carboxylic acids is 1. The summed E-state index contributed by atoms with van der Waals surface area (Å²) in [6.07, 6.45) is 1.73. The van der Waals surface area contributed by atoms with Crippen LogP contribution in [0, 0.1) is 13.8 Å². The quantitative estimate of drug-likeness (QED) is 0.851. The summed E-state index contributed by atoms with van der Waals surface area (Å²) in [5.74, 6) is -0.427. The van der Waals surface area contributed by atoms with E-state index in [9.17, 15) is 4.79 Å². The highest BCUT2D eigenvalue weighted by Gasteiger charge is 2.07. The van der Waals surface area contributed by atoms with E-state index in [2.05, 4.69) is 10.2 Å². The molecule has 0 fully saturated rings. The van der Waals surface area contributed by atoms with Gasteiger partial charge >= 0.3 is 0 Å². The van der Waals surface area contributed by atoms with Gasteiger partial charge < -0.3 is 5.73 Å². The van der Waals surface area contributed by atoms with Crippen LogP contribution in [0.25, 0.3) is 11.3 Å². The maximum Gasteiger partial charge on any atom is 0.248 e. The molecule has 0 aliphatic heterocycles. The molecule has 4 heteroatoms. The van der Waals surface area contributed by atoms with Crippen LogP contribution in [0.5, 0.6) is 0 Å². The first-order chi connectivity index (χ1) is 8.09. The highest BCUT2D eigenvalue weighted by molar-refractivity contribution is 5.93. The van der Waals surface area contributed by atoms with Crippen LogP contribution in [0.4, 0.5) is 0 Å². The van der Waals surface area contributed by atoms with Crippen LogP contribution in [0.2, 0.25) is 0 Å². The maximum absolute atomic E-state index is 11.0. The first-order valence-corrected chi connectivity index (χ1v) is 5.28. The summed E-state index contributed by atoms with van der Waals surface area (Å²) in [7, 11) is 0. The fraction of sp³-hybridized carbons (Fsp3) is 0.154. The van der Waals surface area contributed by atoms with Crippen LogP contribution in [0.3, 0.4) is 0 Å². The number of nitrogens with zero attached hydrogens (tertiary/aromatic N) is 2. The molecule has 1 aromatic carbocycles. The van der Waals surface area contributed by atoms with Crippen molar-refractivity contribution >= 4 is 5.91 Å². The fourth-order valence-corrected chi connectivity index (χ4v) is 1.60. The second-order valence-corrected chi connectivity index (χ2v) is 3.94. The Balaban J connectivity index is 2.47. The standard InChI is InChI=1S/C13H13N3O/c1-8-7-15-16-12(9(8)2)10-3-5-11(6-4-10)13(14)17/h3-7H,1-2H3,(H2,14,17). The minimum absolute atomic E-state index is 0.427. The van der Waals surface area contributed by atoms with Gasteiger partial charge in [-0.25, -0.2) is 0 Å². The number of aryl methyl sites for hydroxylation is 1. The van der Waals surface area contributed by atoms with Gasteiger partial charge in [0.25, 0.3) is 0 Å². The zero-order valence-corrected chi connectivity index (χ0v) is 9.77. The largest absolute Gasteiger partial charge is 0.366 e. The molecule has 0 spiro atoms. The lowest BCUT2D eigenvalue weighted by molar-refractivity contribution is 0.100. The van der Waals surface area contributed by atoms with Crippen molar-refractivity contribution in [3.05, 3.63) is 47.2 Å². The van der Waals surface area contributed by atoms with Crippen molar-refractivity contribution < 1.29 is 4.79 Å². The summed E-state index contributed by atoms with van der Waals surface area (Å²) in [6, 6.07) is 7.05. The number of primary amides is 1. The Kier molecular flexibility index (Phi) is 2.87. The molecule has 1 aromatic heterocycles. The van der Waals surface area contributed by atoms with E-state index >= 15 is 0 Å². The molecular formula is C13H13N3O. The topological polar surface area (TPSA) is 68.9 Å². The van der Waals surface area contributed by atoms with Crippen LogP contribution in [0.15, 0.2) is 30.5 Å². The van der Waals surface area contributed by atoms with Gasteiger partial charge in [-0.2, -0.15) is 10.2 Å². The number of hydrogen-bond acceptors (Lipinski definition) is 3. The Bertz CT molecular complexity index is 561. The van der Waals surface area contributed by atoms with Gasteiger partial charge in [0.15, 0.2) is 0 Å². The molecule has 0 aliphatic carbocycles. The van der Waals surface area contributed by atoms with Crippen LogP contribution in [-0.4, -0.2) is 16.1 Å². The van der Waals surface area contributed by atoms with Gasteiger partial charge in [-0.1, -0.05) is 12.1 Å². The van der Waals surface area contributed by atoms with E-state index in [1.165, 1.54) is 0 Å². The summed E-state index contributed by atoms with van der Waals surface area (Å²) in [4.78, 5) is 11.0. The number of nitrogens with two attached hydrogens (primary N) is 1. The van der Waals surface area contributed by atoms with Crippen LogP contribution < -0.4 is 5.73 Å². The average molecular weight is 227 g/mol. The zero-order chi connectivity index (χ0) is 12.4. The Labute approximate surface area is 99.5 Å². The summed E-state index contributed by atoms with van der Waals surface area (Å²) < 4.78 is 0. The summed E-state index contributed by atoms with van der Waals surface area (Å²) in [5, 5.41) is 8.06. The van der Waals surface area contributed by atoms with Gasteiger partial charge in [0, 0.05) is 11.1 Å². The van der Waals surface area contributed by atoms with Crippen molar-refractivity contribution in [2.75, 3.05) is 0 Å². The van der Waals surface area contributed by atoms with E-state index in [1.54, 1.807) is 18.3 Å². The van der Waals surface area contributed by atoms with Gasteiger partial charge in [0.1, 0.15) is 0 Å². The van der Waals surface area contributed by atoms with Crippen molar-refractivity contribution in [2.24, 2.45) is 5.73 Å². The highest BCUT2D eigenvalue weighted by Crippen LogP contribution is 2.22. The lowest BCUT2D eigenvalue weighted by Gasteiger charge is -2.06. The van der Waals surface area contributed by atoms with E-state index in [0.717, 1.165) is 22.4 Å². The Morgan fingerprint density at radius 2 is 1.82 bits per heavy atom. The third-order valence-electron chi connectivity index (χ3n) is 2.80. The first-order valence-electron chi connectivity index (χ1n) is 5.28. The summed E-state index contributed by atoms with van der Waals surface area (Å²) >= 11 is 0. The zero-order valence-electron chi connectivity index (χ0n) is 9.77. The molecular weight excluding hydrogens is 214 g/mol. The molecule has 17 heavy (non-hydrogen) atoms. The van der Waals surface area contributed by atoms with E-state index < -0.39 is 5.91 Å². The van der Waals surface area contributed by atoms with E-state index in [4.69, 9.17) is 5.73 Å². The molecule has 0 saturated carbocycles. The van der Waals surface area contributed by atoms with Crippen molar-refractivity contribution in [2.45, 2.75) is 13.8 Å². The third kappa shape index (κ3) is 2.15. The van der Waals surface area contributed by atoms with E-state index in [0.29, 0.717) is 5.56 Å². The summed E-state index contributed by atoms with van der Waals surface area (Å²) in [6.45, 7) is 3.99. The normalized spacial score (nSPS) is 10.2. The Morgan fingerprint density at radius 3 is 2.41 bits per heavy atom. The first kappa shape index (κ1) is 11.3. The van der Waals surface area contributed by atoms with Crippen LogP contribution in [0.1, 0.15) is 21.5 Å². The minimum Gasteiger partial charge on any atom is -0.366 e. The monoisotopic (exact) mass is 227 g/mol. The summed E-state index contributed by atoms with van der Waals surface area (Å²) in [5.41, 5.74) is 9.63. The lowest BCUT2D eigenvalue weighted by Crippen LogP contribution is -2.10. The van der Waals surface area contributed by atoms with Gasteiger partial charge in [-0.3, -0.25) is 4.79 Å². The molecule has 0 radical (unpaired) electrons. The number of hydrogen-bond donors (Lipinski definition) is 1. The van der Waals surface area contributed by atoms with Crippen molar-refractivity contribution in [3.63, 3.8) is 0 Å². The molecule has 86 valence electrons. The number of aromatic nitrogens is 2. The van der Waals surface area contributed by atoms with Gasteiger partial charge in [-0.05, 0) is 37.1 Å². The van der Waals surface area contributed by atoms with Crippen LogP contribution in [-0.2, 0) is 0 Å². The predicted octanol–water partition coefficient (Wildman–Crippen LogP) is 1.86. The molecule has 1 heterocycles. The minimum atomic E-state index is -0.427.